The monoisotopic (exact) mass is 417 g/mol. The van der Waals surface area contributed by atoms with E-state index in [4.69, 9.17) is 14.3 Å². The molecule has 1 rings (SSSR count). The van der Waals surface area contributed by atoms with Gasteiger partial charge in [0.25, 0.3) is 11.8 Å². The van der Waals surface area contributed by atoms with Gasteiger partial charge in [-0.3, -0.25) is 9.59 Å². The zero-order valence-corrected chi connectivity index (χ0v) is 17.7. The molecular formula is C18H31N3O8. The van der Waals surface area contributed by atoms with E-state index in [9.17, 15) is 24.3 Å². The number of imide groups is 1. The van der Waals surface area contributed by atoms with E-state index in [1.54, 1.807) is 41.5 Å². The highest BCUT2D eigenvalue weighted by atomic mass is 16.8. The van der Waals surface area contributed by atoms with Crippen LogP contribution in [0.4, 0.5) is 9.59 Å². The van der Waals surface area contributed by atoms with Gasteiger partial charge in [-0.1, -0.05) is 0 Å². The van der Waals surface area contributed by atoms with Gasteiger partial charge in [-0.25, -0.2) is 14.4 Å². The van der Waals surface area contributed by atoms with Crippen LogP contribution >= 0.6 is 0 Å². The summed E-state index contributed by atoms with van der Waals surface area (Å²) in [5, 5.41) is 15.8. The van der Waals surface area contributed by atoms with E-state index in [2.05, 4.69) is 10.6 Å². The number of rotatable bonds is 7. The number of nitrogens with zero attached hydrogens (tertiary/aromatic N) is 1. The molecule has 1 fully saturated rings. The summed E-state index contributed by atoms with van der Waals surface area (Å²) in [5.74, 6) is -2.06. The van der Waals surface area contributed by atoms with Gasteiger partial charge in [0.05, 0.1) is 0 Å². The molecule has 11 nitrogen and oxygen atoms in total. The number of alkyl carbamates (subject to hydrolysis) is 2. The standard InChI is InChI=1S/C18H31N3O8/c1-17(2,3)27-15(25)19-9-11(10-20-16(26)28-18(4,5)6)14(24)29-21-12(22)7-8-13(21)23/h11,14,24H,7-10H2,1-6H3,(H,19,25)(H,20,26). The van der Waals surface area contributed by atoms with Crippen molar-refractivity contribution in [3.05, 3.63) is 0 Å². The molecule has 4 amide bonds. The lowest BCUT2D eigenvalue weighted by atomic mass is 10.1. The molecule has 29 heavy (non-hydrogen) atoms. The number of carbonyl (C=O) groups excluding carboxylic acids is 4. The van der Waals surface area contributed by atoms with Crippen LogP contribution < -0.4 is 10.6 Å². The lowest BCUT2D eigenvalue weighted by Crippen LogP contribution is -2.47. The number of hydrogen-bond acceptors (Lipinski definition) is 8. The van der Waals surface area contributed by atoms with Crippen LogP contribution in [-0.4, -0.2) is 64.8 Å². The molecule has 11 heteroatoms. The smallest absolute Gasteiger partial charge is 0.407 e. The molecule has 1 unspecified atom stereocenters. The summed E-state index contributed by atoms with van der Waals surface area (Å²) in [6, 6.07) is 0. The Balaban J connectivity index is 2.73. The van der Waals surface area contributed by atoms with Gasteiger partial charge in [-0.15, -0.1) is 0 Å². The molecule has 0 spiro atoms. The molecule has 0 radical (unpaired) electrons. The quantitative estimate of drug-likeness (QED) is 0.412. The highest BCUT2D eigenvalue weighted by Crippen LogP contribution is 2.16. The second-order valence-corrected chi connectivity index (χ2v) is 8.60. The molecular weight excluding hydrogens is 386 g/mol. The minimum absolute atomic E-state index is 0.0114. The molecule has 0 aromatic rings. The lowest BCUT2D eigenvalue weighted by Gasteiger charge is -2.27. The molecule has 0 bridgehead atoms. The van der Waals surface area contributed by atoms with Gasteiger partial charge in [0, 0.05) is 31.8 Å². The van der Waals surface area contributed by atoms with Crippen molar-refractivity contribution in [1.82, 2.24) is 15.7 Å². The van der Waals surface area contributed by atoms with E-state index in [-0.39, 0.29) is 25.9 Å². The first-order valence-electron chi connectivity index (χ1n) is 9.32. The van der Waals surface area contributed by atoms with Gasteiger partial charge in [-0.2, -0.15) is 5.06 Å². The maximum atomic E-state index is 11.9. The average molecular weight is 417 g/mol. The van der Waals surface area contributed by atoms with E-state index < -0.39 is 47.4 Å². The van der Waals surface area contributed by atoms with Gasteiger partial charge >= 0.3 is 12.2 Å². The van der Waals surface area contributed by atoms with Crippen molar-refractivity contribution in [2.24, 2.45) is 5.92 Å². The van der Waals surface area contributed by atoms with E-state index in [0.717, 1.165) is 0 Å². The molecule has 0 aromatic heterocycles. The highest BCUT2D eigenvalue weighted by Gasteiger charge is 2.35. The minimum Gasteiger partial charge on any atom is -0.444 e. The third-order valence-electron chi connectivity index (χ3n) is 3.44. The summed E-state index contributed by atoms with van der Waals surface area (Å²) in [6.45, 7) is 9.82. The van der Waals surface area contributed by atoms with Crippen molar-refractivity contribution >= 4 is 24.0 Å². The van der Waals surface area contributed by atoms with Crippen molar-refractivity contribution in [2.45, 2.75) is 71.9 Å². The van der Waals surface area contributed by atoms with E-state index in [1.807, 2.05) is 0 Å². The zero-order valence-electron chi connectivity index (χ0n) is 17.7. The third-order valence-corrected chi connectivity index (χ3v) is 3.44. The fraction of sp³-hybridized carbons (Fsp3) is 0.778. The first-order chi connectivity index (χ1) is 13.2. The fourth-order valence-corrected chi connectivity index (χ4v) is 2.20. The second-order valence-electron chi connectivity index (χ2n) is 8.60. The number of hydrogen-bond donors (Lipinski definition) is 3. The topological polar surface area (TPSA) is 144 Å². The van der Waals surface area contributed by atoms with Crippen LogP contribution in [0.2, 0.25) is 0 Å². The molecule has 1 atom stereocenters. The third kappa shape index (κ3) is 9.57. The number of hydroxylamine groups is 2. The summed E-state index contributed by atoms with van der Waals surface area (Å²) < 4.78 is 10.2. The normalized spacial score (nSPS) is 16.1. The Morgan fingerprint density at radius 2 is 1.31 bits per heavy atom. The summed E-state index contributed by atoms with van der Waals surface area (Å²) in [4.78, 5) is 52.2. The molecule has 1 aliphatic heterocycles. The summed E-state index contributed by atoms with van der Waals surface area (Å²) >= 11 is 0. The first kappa shape index (κ1) is 24.6. The Hall–Kier alpha value is -2.40. The summed E-state index contributed by atoms with van der Waals surface area (Å²) in [7, 11) is 0. The molecule has 0 saturated carbocycles. The Labute approximate surface area is 170 Å². The highest BCUT2D eigenvalue weighted by molar-refractivity contribution is 6.00. The van der Waals surface area contributed by atoms with Gasteiger partial charge in [0.1, 0.15) is 11.2 Å². The first-order valence-corrected chi connectivity index (χ1v) is 9.32. The Kier molecular flexibility index (Phi) is 8.39. The van der Waals surface area contributed by atoms with Crippen molar-refractivity contribution in [3.63, 3.8) is 0 Å². The predicted octanol–water partition coefficient (Wildman–Crippen LogP) is 1.05. The Bertz CT molecular complexity index is 576. The summed E-state index contributed by atoms with van der Waals surface area (Å²) in [6.07, 6.45) is -3.16. The molecule has 1 aliphatic rings. The Morgan fingerprint density at radius 1 is 0.931 bits per heavy atom. The van der Waals surface area contributed by atoms with Crippen LogP contribution in [0.1, 0.15) is 54.4 Å². The largest absolute Gasteiger partial charge is 0.444 e. The molecule has 166 valence electrons. The van der Waals surface area contributed by atoms with Gasteiger partial charge < -0.3 is 25.2 Å². The number of carbonyl (C=O) groups is 4. The van der Waals surface area contributed by atoms with Crippen LogP contribution in [0.3, 0.4) is 0 Å². The maximum absolute atomic E-state index is 11.9. The predicted molar refractivity (Wildman–Crippen MR) is 100 cm³/mol. The van der Waals surface area contributed by atoms with E-state index in [1.165, 1.54) is 0 Å². The van der Waals surface area contributed by atoms with Gasteiger partial charge in [-0.05, 0) is 41.5 Å². The van der Waals surface area contributed by atoms with Crippen LogP contribution in [-0.2, 0) is 23.9 Å². The Morgan fingerprint density at radius 3 is 1.66 bits per heavy atom. The number of aliphatic hydroxyl groups excluding tert-OH is 1. The van der Waals surface area contributed by atoms with Gasteiger partial charge in [0.2, 0.25) is 0 Å². The van der Waals surface area contributed by atoms with Crippen LogP contribution in [0.15, 0.2) is 0 Å². The second kappa shape index (κ2) is 9.88. The van der Waals surface area contributed by atoms with Crippen molar-refractivity contribution < 1.29 is 38.6 Å². The minimum atomic E-state index is -1.66. The van der Waals surface area contributed by atoms with E-state index in [0.29, 0.717) is 5.06 Å². The molecule has 3 N–H and O–H groups in total. The molecule has 1 heterocycles. The van der Waals surface area contributed by atoms with Crippen LogP contribution in [0.25, 0.3) is 0 Å². The molecule has 0 aliphatic carbocycles. The number of amides is 4. The van der Waals surface area contributed by atoms with E-state index >= 15 is 0 Å². The summed E-state index contributed by atoms with van der Waals surface area (Å²) in [5.41, 5.74) is -1.45. The number of nitrogens with one attached hydrogen (secondary N) is 2. The zero-order chi connectivity index (χ0) is 22.4. The van der Waals surface area contributed by atoms with Gasteiger partial charge in [0.15, 0.2) is 6.29 Å². The van der Waals surface area contributed by atoms with Crippen molar-refractivity contribution in [1.29, 1.82) is 0 Å². The average Bonchev–Trinajstić information content (AvgIpc) is 2.83. The lowest BCUT2D eigenvalue weighted by molar-refractivity contribution is -0.257. The van der Waals surface area contributed by atoms with Crippen molar-refractivity contribution in [2.75, 3.05) is 13.1 Å². The van der Waals surface area contributed by atoms with Crippen molar-refractivity contribution in [3.8, 4) is 0 Å². The maximum Gasteiger partial charge on any atom is 0.407 e. The number of aliphatic hydroxyl groups is 1. The van der Waals surface area contributed by atoms with Crippen LogP contribution in [0, 0.1) is 5.92 Å². The number of ether oxygens (including phenoxy) is 2. The molecule has 1 saturated heterocycles. The fourth-order valence-electron chi connectivity index (χ4n) is 2.20. The SMILES string of the molecule is CC(C)(C)OC(=O)NCC(CNC(=O)OC(C)(C)C)C(O)ON1C(=O)CCC1=O. The van der Waals surface area contributed by atoms with Crippen LogP contribution in [0.5, 0.6) is 0 Å². The molecule has 0 aromatic carbocycles.